The third kappa shape index (κ3) is 4.26. The van der Waals surface area contributed by atoms with Gasteiger partial charge >= 0.3 is 0 Å². The molecule has 0 spiro atoms. The van der Waals surface area contributed by atoms with Crippen molar-refractivity contribution in [3.63, 3.8) is 0 Å². The molecule has 90 valence electrons. The first-order valence-corrected chi connectivity index (χ1v) is 6.92. The average molecular weight is 284 g/mol. The molecule has 1 aromatic rings. The Morgan fingerprint density at radius 1 is 1.25 bits per heavy atom. The van der Waals surface area contributed by atoms with Gasteiger partial charge in [0.1, 0.15) is 0 Å². The van der Waals surface area contributed by atoms with Crippen molar-refractivity contribution >= 4 is 15.9 Å². The maximum atomic E-state index is 3.57. The van der Waals surface area contributed by atoms with E-state index in [2.05, 4.69) is 60.2 Å². The molecule has 0 aliphatic rings. The summed E-state index contributed by atoms with van der Waals surface area (Å²) in [6, 6.07) is 6.56. The molecule has 0 heterocycles. The zero-order chi connectivity index (χ0) is 12.0. The van der Waals surface area contributed by atoms with Gasteiger partial charge in [-0.3, -0.25) is 0 Å². The van der Waals surface area contributed by atoms with E-state index in [4.69, 9.17) is 0 Å². The lowest BCUT2D eigenvalue weighted by atomic mass is 10.0. The van der Waals surface area contributed by atoms with Crippen molar-refractivity contribution < 1.29 is 0 Å². The van der Waals surface area contributed by atoms with E-state index < -0.39 is 0 Å². The minimum Gasteiger partial charge on any atom is -0.312 e. The van der Waals surface area contributed by atoms with Gasteiger partial charge in [0.15, 0.2) is 0 Å². The molecule has 1 nitrogen and oxygen atoms in total. The first-order valence-electron chi connectivity index (χ1n) is 6.13. The van der Waals surface area contributed by atoms with E-state index in [0.717, 1.165) is 19.0 Å². The van der Waals surface area contributed by atoms with E-state index in [0.29, 0.717) is 0 Å². The summed E-state index contributed by atoms with van der Waals surface area (Å²) in [5, 5.41) is 3.53. The first-order chi connectivity index (χ1) is 7.67. The number of hydrogen-bond donors (Lipinski definition) is 1. The van der Waals surface area contributed by atoms with Crippen LogP contribution in [0, 0.1) is 12.8 Å². The number of rotatable bonds is 6. The molecule has 0 aliphatic carbocycles. The van der Waals surface area contributed by atoms with Gasteiger partial charge < -0.3 is 5.32 Å². The standard InChI is InChI=1S/C14H22BrN/c1-4-12(5-2)9-16-10-13-7-6-11(3)14(15)8-13/h6-8,12,16H,4-5,9-10H2,1-3H3. The summed E-state index contributed by atoms with van der Waals surface area (Å²) in [4.78, 5) is 0. The lowest BCUT2D eigenvalue weighted by molar-refractivity contribution is 0.449. The van der Waals surface area contributed by atoms with Gasteiger partial charge in [-0.25, -0.2) is 0 Å². The summed E-state index contributed by atoms with van der Waals surface area (Å²) in [5.41, 5.74) is 2.65. The fourth-order valence-electron chi connectivity index (χ4n) is 1.74. The Labute approximate surface area is 108 Å². The topological polar surface area (TPSA) is 12.0 Å². The Hall–Kier alpha value is -0.340. The molecule has 0 saturated carbocycles. The smallest absolute Gasteiger partial charge is 0.0207 e. The van der Waals surface area contributed by atoms with Gasteiger partial charge in [-0.15, -0.1) is 0 Å². The molecule has 0 fully saturated rings. The lowest BCUT2D eigenvalue weighted by Crippen LogP contribution is -2.21. The van der Waals surface area contributed by atoms with Crippen molar-refractivity contribution in [3.05, 3.63) is 33.8 Å². The van der Waals surface area contributed by atoms with E-state index in [9.17, 15) is 0 Å². The summed E-state index contributed by atoms with van der Waals surface area (Å²) in [5.74, 6) is 0.814. The summed E-state index contributed by atoms with van der Waals surface area (Å²) in [7, 11) is 0. The minimum atomic E-state index is 0.814. The molecule has 0 aromatic heterocycles. The monoisotopic (exact) mass is 283 g/mol. The molecule has 0 bridgehead atoms. The highest BCUT2D eigenvalue weighted by Gasteiger charge is 2.02. The Morgan fingerprint density at radius 2 is 1.94 bits per heavy atom. The van der Waals surface area contributed by atoms with Crippen LogP contribution in [0.15, 0.2) is 22.7 Å². The van der Waals surface area contributed by atoms with Gasteiger partial charge in [0.25, 0.3) is 0 Å². The van der Waals surface area contributed by atoms with E-state index in [1.807, 2.05) is 0 Å². The van der Waals surface area contributed by atoms with Crippen LogP contribution in [0.5, 0.6) is 0 Å². The molecule has 0 aliphatic heterocycles. The van der Waals surface area contributed by atoms with Gasteiger partial charge in [0.05, 0.1) is 0 Å². The summed E-state index contributed by atoms with van der Waals surface area (Å²) < 4.78 is 1.20. The Bertz CT molecular complexity index is 319. The van der Waals surface area contributed by atoms with Crippen LogP contribution in [-0.4, -0.2) is 6.54 Å². The van der Waals surface area contributed by atoms with Gasteiger partial charge in [0.2, 0.25) is 0 Å². The molecule has 0 amide bonds. The second-order valence-electron chi connectivity index (χ2n) is 4.40. The number of benzene rings is 1. The number of hydrogen-bond acceptors (Lipinski definition) is 1. The molecule has 1 aromatic carbocycles. The van der Waals surface area contributed by atoms with Crippen LogP contribution in [0.25, 0.3) is 0 Å². The zero-order valence-corrected chi connectivity index (χ0v) is 12.1. The number of aryl methyl sites for hydroxylation is 1. The zero-order valence-electron chi connectivity index (χ0n) is 10.5. The van der Waals surface area contributed by atoms with Crippen LogP contribution in [0.4, 0.5) is 0 Å². The fraction of sp³-hybridized carbons (Fsp3) is 0.571. The van der Waals surface area contributed by atoms with Gasteiger partial charge in [-0.05, 0) is 36.6 Å². The molecule has 0 radical (unpaired) electrons. The fourth-order valence-corrected chi connectivity index (χ4v) is 2.17. The van der Waals surface area contributed by atoms with Crippen LogP contribution >= 0.6 is 15.9 Å². The normalized spacial score (nSPS) is 11.1. The Kier molecular flexibility index (Phi) is 6.07. The molecular formula is C14H22BrN. The molecular weight excluding hydrogens is 262 g/mol. The minimum absolute atomic E-state index is 0.814. The molecule has 0 unspecified atom stereocenters. The molecule has 1 N–H and O–H groups in total. The lowest BCUT2D eigenvalue weighted by Gasteiger charge is -2.13. The maximum absolute atomic E-state index is 3.57. The van der Waals surface area contributed by atoms with Crippen LogP contribution in [-0.2, 0) is 6.54 Å². The summed E-state index contributed by atoms with van der Waals surface area (Å²) >= 11 is 3.57. The van der Waals surface area contributed by atoms with Crippen molar-refractivity contribution in [1.82, 2.24) is 5.32 Å². The van der Waals surface area contributed by atoms with E-state index >= 15 is 0 Å². The Morgan fingerprint density at radius 3 is 2.50 bits per heavy atom. The van der Waals surface area contributed by atoms with Crippen LogP contribution in [0.1, 0.15) is 37.8 Å². The molecule has 1 rings (SSSR count). The molecule has 0 atom stereocenters. The van der Waals surface area contributed by atoms with Crippen molar-refractivity contribution in [3.8, 4) is 0 Å². The van der Waals surface area contributed by atoms with Crippen molar-refractivity contribution in [2.75, 3.05) is 6.54 Å². The Balaban J connectivity index is 2.40. The van der Waals surface area contributed by atoms with E-state index in [1.54, 1.807) is 0 Å². The van der Waals surface area contributed by atoms with Crippen LogP contribution < -0.4 is 5.32 Å². The molecule has 0 saturated heterocycles. The van der Waals surface area contributed by atoms with Crippen molar-refractivity contribution in [1.29, 1.82) is 0 Å². The third-order valence-electron chi connectivity index (χ3n) is 3.15. The molecule has 16 heavy (non-hydrogen) atoms. The predicted octanol–water partition coefficient (Wildman–Crippen LogP) is 4.28. The number of nitrogens with one attached hydrogen (secondary N) is 1. The number of halogens is 1. The second-order valence-corrected chi connectivity index (χ2v) is 5.25. The third-order valence-corrected chi connectivity index (χ3v) is 4.01. The highest BCUT2D eigenvalue weighted by Crippen LogP contribution is 2.17. The van der Waals surface area contributed by atoms with Crippen molar-refractivity contribution in [2.24, 2.45) is 5.92 Å². The van der Waals surface area contributed by atoms with E-state index in [1.165, 1.54) is 28.4 Å². The highest BCUT2D eigenvalue weighted by molar-refractivity contribution is 9.10. The average Bonchev–Trinajstić information content (AvgIpc) is 2.29. The summed E-state index contributed by atoms with van der Waals surface area (Å²) in [6.45, 7) is 8.73. The SMILES string of the molecule is CCC(CC)CNCc1ccc(C)c(Br)c1. The predicted molar refractivity (Wildman–Crippen MR) is 74.7 cm³/mol. The van der Waals surface area contributed by atoms with E-state index in [-0.39, 0.29) is 0 Å². The summed E-state index contributed by atoms with van der Waals surface area (Å²) in [6.07, 6.45) is 2.53. The molecule has 2 heteroatoms. The van der Waals surface area contributed by atoms with Gasteiger partial charge in [-0.1, -0.05) is 54.8 Å². The maximum Gasteiger partial charge on any atom is 0.0207 e. The quantitative estimate of drug-likeness (QED) is 0.822. The van der Waals surface area contributed by atoms with Crippen LogP contribution in [0.2, 0.25) is 0 Å². The first kappa shape index (κ1) is 13.7. The van der Waals surface area contributed by atoms with Crippen molar-refractivity contribution in [2.45, 2.75) is 40.2 Å². The highest BCUT2D eigenvalue weighted by atomic mass is 79.9. The second kappa shape index (κ2) is 7.08. The van der Waals surface area contributed by atoms with Crippen LogP contribution in [0.3, 0.4) is 0 Å². The van der Waals surface area contributed by atoms with Gasteiger partial charge in [-0.2, -0.15) is 0 Å². The van der Waals surface area contributed by atoms with Gasteiger partial charge in [0, 0.05) is 11.0 Å². The largest absolute Gasteiger partial charge is 0.312 e.